The van der Waals surface area contributed by atoms with E-state index in [1.165, 1.54) is 76.8 Å². The third-order valence-electron chi connectivity index (χ3n) is 8.03. The van der Waals surface area contributed by atoms with Crippen molar-refractivity contribution in [3.8, 4) is 0 Å². The Morgan fingerprint density at radius 3 is 2.72 bits per heavy atom. The van der Waals surface area contributed by atoms with Crippen LogP contribution in [0.15, 0.2) is 16.0 Å². The van der Waals surface area contributed by atoms with Crippen LogP contribution in [0.2, 0.25) is 0 Å². The second-order valence-electron chi connectivity index (χ2n) is 10.1. The zero-order chi connectivity index (χ0) is 19.8. The summed E-state index contributed by atoms with van der Waals surface area (Å²) in [7, 11) is 4.46. The van der Waals surface area contributed by atoms with Gasteiger partial charge in [0.25, 0.3) is 0 Å². The summed E-state index contributed by atoms with van der Waals surface area (Å²) >= 11 is 2.09. The zero-order valence-corrected chi connectivity index (χ0v) is 19.1. The van der Waals surface area contributed by atoms with Gasteiger partial charge in [0.05, 0.1) is 12.0 Å². The number of nitrogens with one attached hydrogen (secondary N) is 2. The van der Waals surface area contributed by atoms with Crippen LogP contribution in [-0.4, -0.2) is 73.5 Å². The molecule has 5 aliphatic rings. The van der Waals surface area contributed by atoms with E-state index in [4.69, 9.17) is 4.99 Å². The molecular weight excluding hydrogens is 378 g/mol. The highest BCUT2D eigenvalue weighted by Crippen LogP contribution is 2.48. The van der Waals surface area contributed by atoms with Gasteiger partial charge in [0.1, 0.15) is 5.84 Å². The number of amidine groups is 1. The van der Waals surface area contributed by atoms with E-state index < -0.39 is 0 Å². The van der Waals surface area contributed by atoms with E-state index in [1.807, 2.05) is 0 Å². The fourth-order valence-electron chi connectivity index (χ4n) is 6.31. The highest BCUT2D eigenvalue weighted by Gasteiger charge is 2.45. The summed E-state index contributed by atoms with van der Waals surface area (Å²) in [4.78, 5) is 11.8. The van der Waals surface area contributed by atoms with Crippen LogP contribution in [0.4, 0.5) is 0 Å². The van der Waals surface area contributed by atoms with E-state index in [-0.39, 0.29) is 0 Å². The predicted molar refractivity (Wildman–Crippen MR) is 123 cm³/mol. The van der Waals surface area contributed by atoms with Gasteiger partial charge < -0.3 is 15.1 Å². The fourth-order valence-corrected chi connectivity index (χ4v) is 7.72. The van der Waals surface area contributed by atoms with Gasteiger partial charge in [-0.15, -0.1) is 11.8 Å². The second kappa shape index (κ2) is 8.89. The van der Waals surface area contributed by atoms with Gasteiger partial charge in [-0.1, -0.05) is 6.08 Å². The Kier molecular flexibility index (Phi) is 6.24. The molecule has 29 heavy (non-hydrogen) atoms. The van der Waals surface area contributed by atoms with Crippen molar-refractivity contribution in [2.45, 2.75) is 68.8 Å². The van der Waals surface area contributed by atoms with Crippen molar-refractivity contribution >= 4 is 17.6 Å². The Morgan fingerprint density at radius 2 is 1.97 bits per heavy atom. The Hall–Kier alpha value is -0.560. The number of fused-ring (bicyclic) bond motifs is 3. The first-order valence-electron chi connectivity index (χ1n) is 12.0. The third-order valence-corrected chi connectivity index (χ3v) is 9.39. The second-order valence-corrected chi connectivity index (χ2v) is 11.4. The van der Waals surface area contributed by atoms with Crippen molar-refractivity contribution < 1.29 is 0 Å². The fraction of sp³-hybridized carbons (Fsp3) is 0.870. The summed E-state index contributed by atoms with van der Waals surface area (Å²) in [5, 5.41) is 8.21. The van der Waals surface area contributed by atoms with E-state index in [9.17, 15) is 0 Å². The van der Waals surface area contributed by atoms with Crippen LogP contribution in [0.3, 0.4) is 0 Å². The average molecular weight is 418 g/mol. The van der Waals surface area contributed by atoms with E-state index in [2.05, 4.69) is 52.4 Å². The number of likely N-dealkylation sites (tertiary alicyclic amines) is 1. The largest absolute Gasteiger partial charge is 0.371 e. The molecule has 3 heterocycles. The number of nitrogens with zero attached hydrogens (tertiary/aromatic N) is 3. The number of rotatable bonds is 4. The van der Waals surface area contributed by atoms with Crippen LogP contribution in [0, 0.1) is 17.8 Å². The maximum absolute atomic E-state index is 5.00. The lowest BCUT2D eigenvalue weighted by atomic mass is 9.74. The Labute approximate surface area is 181 Å². The summed E-state index contributed by atoms with van der Waals surface area (Å²) in [5.41, 5.74) is 0. The normalized spacial score (nSPS) is 40.4. The minimum absolute atomic E-state index is 0.513. The first-order valence-corrected chi connectivity index (χ1v) is 12.9. The van der Waals surface area contributed by atoms with Crippen LogP contribution in [0.1, 0.15) is 51.4 Å². The van der Waals surface area contributed by atoms with Gasteiger partial charge in [-0.05, 0) is 95.3 Å². The van der Waals surface area contributed by atoms with Crippen LogP contribution < -0.4 is 10.6 Å². The van der Waals surface area contributed by atoms with E-state index in [0.717, 1.165) is 18.6 Å². The summed E-state index contributed by atoms with van der Waals surface area (Å²) < 4.78 is 0. The molecule has 4 atom stereocenters. The molecule has 3 aliphatic heterocycles. The van der Waals surface area contributed by atoms with Gasteiger partial charge >= 0.3 is 0 Å². The zero-order valence-electron chi connectivity index (χ0n) is 18.3. The molecule has 4 unspecified atom stereocenters. The molecule has 6 heteroatoms. The topological polar surface area (TPSA) is 42.9 Å². The highest BCUT2D eigenvalue weighted by atomic mass is 32.2. The summed E-state index contributed by atoms with van der Waals surface area (Å²) in [6.45, 7) is 4.70. The molecular formula is C23H39N5S. The smallest absolute Gasteiger partial charge is 0.104 e. The molecule has 1 saturated carbocycles. The van der Waals surface area contributed by atoms with Crippen LogP contribution in [0.5, 0.6) is 0 Å². The van der Waals surface area contributed by atoms with Gasteiger partial charge in [0, 0.05) is 24.5 Å². The Balaban J connectivity index is 1.28. The van der Waals surface area contributed by atoms with Crippen molar-refractivity contribution in [1.29, 1.82) is 0 Å². The molecule has 5 rings (SSSR count). The van der Waals surface area contributed by atoms with Crippen molar-refractivity contribution in [2.24, 2.45) is 22.7 Å². The molecule has 5 nitrogen and oxygen atoms in total. The lowest BCUT2D eigenvalue weighted by molar-refractivity contribution is 0.189. The van der Waals surface area contributed by atoms with E-state index in [1.54, 1.807) is 4.91 Å². The van der Waals surface area contributed by atoms with Gasteiger partial charge in [-0.3, -0.25) is 10.3 Å². The molecule has 2 bridgehead atoms. The van der Waals surface area contributed by atoms with Crippen molar-refractivity contribution in [3.63, 3.8) is 0 Å². The molecule has 2 fully saturated rings. The van der Waals surface area contributed by atoms with Crippen LogP contribution in [0.25, 0.3) is 0 Å². The molecule has 0 spiro atoms. The van der Waals surface area contributed by atoms with Crippen LogP contribution in [-0.2, 0) is 0 Å². The van der Waals surface area contributed by atoms with Gasteiger partial charge in [-0.25, -0.2) is 0 Å². The van der Waals surface area contributed by atoms with Crippen molar-refractivity contribution in [1.82, 2.24) is 20.4 Å². The Bertz CT molecular complexity index is 633. The molecule has 1 saturated heterocycles. The number of thioether (sulfide) groups is 1. The van der Waals surface area contributed by atoms with E-state index in [0.29, 0.717) is 23.3 Å². The standard InChI is InChI=1S/C23H39N5S/c1-27(2)18-8-6-17(7-9-18)26-22-21-20-13-19(29-23(21)25-15-24-22)10-5-16(20)14-28-11-3-4-12-28/h13,16-18,20-21,23,25H,3-12,14-15H2,1-2H3,(H,24,26). The van der Waals surface area contributed by atoms with Gasteiger partial charge in [0.15, 0.2) is 0 Å². The predicted octanol–water partition coefficient (Wildman–Crippen LogP) is 3.10. The van der Waals surface area contributed by atoms with Gasteiger partial charge in [0.2, 0.25) is 0 Å². The third kappa shape index (κ3) is 4.41. The monoisotopic (exact) mass is 417 g/mol. The minimum Gasteiger partial charge on any atom is -0.371 e. The number of aliphatic imine (C=N–C) groups is 1. The van der Waals surface area contributed by atoms with E-state index >= 15 is 0 Å². The molecule has 162 valence electrons. The average Bonchev–Trinajstić information content (AvgIpc) is 3.24. The molecule has 2 aliphatic carbocycles. The molecule has 0 amide bonds. The molecule has 0 aromatic rings. The highest BCUT2D eigenvalue weighted by molar-refractivity contribution is 8.03. The minimum atomic E-state index is 0.513. The molecule has 2 N–H and O–H groups in total. The molecule has 0 aromatic carbocycles. The first-order chi connectivity index (χ1) is 14.2. The first kappa shape index (κ1) is 20.3. The number of hydrogen-bond acceptors (Lipinski definition) is 6. The quantitative estimate of drug-likeness (QED) is 0.736. The van der Waals surface area contributed by atoms with Crippen LogP contribution >= 0.6 is 11.8 Å². The van der Waals surface area contributed by atoms with Crippen molar-refractivity contribution in [2.75, 3.05) is 40.4 Å². The maximum Gasteiger partial charge on any atom is 0.104 e. The lowest BCUT2D eigenvalue weighted by Gasteiger charge is -2.47. The van der Waals surface area contributed by atoms with Crippen molar-refractivity contribution in [3.05, 3.63) is 11.0 Å². The number of allylic oxidation sites excluding steroid dienone is 2. The maximum atomic E-state index is 5.00. The lowest BCUT2D eigenvalue weighted by Crippen LogP contribution is -2.56. The molecule has 0 radical (unpaired) electrons. The molecule has 0 aromatic heterocycles. The summed E-state index contributed by atoms with van der Waals surface area (Å²) in [5.74, 6) is 3.30. The summed E-state index contributed by atoms with van der Waals surface area (Å²) in [6, 6.07) is 1.37. The SMILES string of the molecule is CN(C)C1CCC(NC2=NCNC3SC4=CC(C(CN5CCCC5)CC4)C23)CC1. The number of hydrogen-bond donors (Lipinski definition) is 2. The summed E-state index contributed by atoms with van der Waals surface area (Å²) in [6.07, 6.45) is 13.3. The van der Waals surface area contributed by atoms with Gasteiger partial charge in [-0.2, -0.15) is 0 Å². The Morgan fingerprint density at radius 1 is 1.17 bits per heavy atom.